The van der Waals surface area contributed by atoms with Crippen LogP contribution in [0.2, 0.25) is 0 Å². The number of hydrogen-bond acceptors (Lipinski definition) is 7. The quantitative estimate of drug-likeness (QED) is 0.607. The van der Waals surface area contributed by atoms with Gasteiger partial charge in [-0.2, -0.15) is 4.52 Å². The van der Waals surface area contributed by atoms with Crippen molar-refractivity contribution in [3.8, 4) is 0 Å². The molecular weight excluding hydrogens is 412 g/mol. The van der Waals surface area contributed by atoms with E-state index in [2.05, 4.69) is 44.3 Å². The van der Waals surface area contributed by atoms with Gasteiger partial charge in [0.1, 0.15) is 0 Å². The zero-order chi connectivity index (χ0) is 21.8. The van der Waals surface area contributed by atoms with Gasteiger partial charge >= 0.3 is 0 Å². The molecule has 0 bridgehead atoms. The summed E-state index contributed by atoms with van der Waals surface area (Å²) in [6, 6.07) is 11.7. The number of nitrogens with one attached hydrogen (secondary N) is 1. The Morgan fingerprint density at radius 2 is 2.00 bits per heavy atom. The summed E-state index contributed by atoms with van der Waals surface area (Å²) in [5.41, 5.74) is 1.72. The number of benzene rings is 1. The number of piperidine rings is 1. The van der Waals surface area contributed by atoms with Gasteiger partial charge in [0.2, 0.25) is 16.0 Å². The van der Waals surface area contributed by atoms with Crippen LogP contribution in [-0.4, -0.2) is 53.2 Å². The molecule has 0 aliphatic carbocycles. The van der Waals surface area contributed by atoms with Crippen molar-refractivity contribution in [1.29, 1.82) is 0 Å². The van der Waals surface area contributed by atoms with Crippen molar-refractivity contribution in [2.24, 2.45) is 5.92 Å². The molecule has 1 amide bonds. The molecular formula is C22H28N6O2S. The Morgan fingerprint density at radius 1 is 1.26 bits per heavy atom. The van der Waals surface area contributed by atoms with Crippen LogP contribution in [0.5, 0.6) is 0 Å². The van der Waals surface area contributed by atoms with E-state index in [1.54, 1.807) is 0 Å². The lowest BCUT2D eigenvalue weighted by molar-refractivity contribution is -0.125. The van der Waals surface area contributed by atoms with Gasteiger partial charge < -0.3 is 15.1 Å². The van der Waals surface area contributed by atoms with Gasteiger partial charge in [0.05, 0.1) is 0 Å². The lowest BCUT2D eigenvalue weighted by Gasteiger charge is -2.31. The maximum atomic E-state index is 12.7. The van der Waals surface area contributed by atoms with Gasteiger partial charge in [-0.3, -0.25) is 9.59 Å². The lowest BCUT2D eigenvalue weighted by Crippen LogP contribution is -2.42. The van der Waals surface area contributed by atoms with Crippen LogP contribution < -0.4 is 20.7 Å². The first kappa shape index (κ1) is 21.3. The fraction of sp³-hybridized carbons (Fsp3) is 0.455. The van der Waals surface area contributed by atoms with Crippen molar-refractivity contribution in [1.82, 2.24) is 19.9 Å². The molecule has 2 aromatic heterocycles. The van der Waals surface area contributed by atoms with Crippen molar-refractivity contribution in [3.05, 3.63) is 52.4 Å². The predicted octanol–water partition coefficient (Wildman–Crippen LogP) is 2.32. The Bertz CT molecular complexity index is 1090. The number of fused-ring (bicyclic) bond motifs is 1. The second kappa shape index (κ2) is 9.47. The van der Waals surface area contributed by atoms with Gasteiger partial charge in [-0.25, -0.2) is 4.98 Å². The van der Waals surface area contributed by atoms with Gasteiger partial charge in [-0.1, -0.05) is 29.5 Å². The second-order valence-corrected chi connectivity index (χ2v) is 8.72. The average molecular weight is 441 g/mol. The number of aromatic nitrogens is 3. The zero-order valence-electron chi connectivity index (χ0n) is 18.0. The fourth-order valence-corrected chi connectivity index (χ4v) is 4.94. The Hall–Kier alpha value is -2.94. The van der Waals surface area contributed by atoms with E-state index in [0.717, 1.165) is 44.2 Å². The van der Waals surface area contributed by atoms with Crippen LogP contribution in [-0.2, 0) is 4.79 Å². The molecule has 0 saturated carbocycles. The SMILES string of the molecule is CCN(CCNC(=O)C1CCN(c2nn3c(=O)cc(C)nc3s2)CC1)c1ccccc1. The molecule has 1 fully saturated rings. The van der Waals surface area contributed by atoms with Crippen LogP contribution in [0.15, 0.2) is 41.2 Å². The fourth-order valence-electron chi connectivity index (χ4n) is 3.94. The van der Waals surface area contributed by atoms with E-state index in [9.17, 15) is 9.59 Å². The van der Waals surface area contributed by atoms with E-state index in [0.29, 0.717) is 17.2 Å². The molecule has 164 valence electrons. The van der Waals surface area contributed by atoms with Gasteiger partial charge in [-0.15, -0.1) is 5.10 Å². The van der Waals surface area contributed by atoms with Crippen molar-refractivity contribution in [3.63, 3.8) is 0 Å². The van der Waals surface area contributed by atoms with E-state index >= 15 is 0 Å². The Kier molecular flexibility index (Phi) is 6.50. The average Bonchev–Trinajstić information content (AvgIpc) is 3.22. The van der Waals surface area contributed by atoms with E-state index in [1.165, 1.54) is 27.6 Å². The zero-order valence-corrected chi connectivity index (χ0v) is 18.8. The molecule has 1 saturated heterocycles. The number of rotatable bonds is 7. The van der Waals surface area contributed by atoms with Crippen LogP contribution in [0.25, 0.3) is 4.96 Å². The number of anilines is 2. The van der Waals surface area contributed by atoms with Crippen molar-refractivity contribution in [2.75, 3.05) is 42.5 Å². The van der Waals surface area contributed by atoms with Gasteiger partial charge in [0.25, 0.3) is 5.56 Å². The molecule has 0 atom stereocenters. The molecule has 0 spiro atoms. The minimum absolute atomic E-state index is 0.0144. The first-order chi connectivity index (χ1) is 15.0. The topological polar surface area (TPSA) is 82.8 Å². The van der Waals surface area contributed by atoms with Crippen molar-refractivity contribution in [2.45, 2.75) is 26.7 Å². The number of carbonyl (C=O) groups excluding carboxylic acids is 1. The van der Waals surface area contributed by atoms with Crippen LogP contribution in [0, 0.1) is 12.8 Å². The summed E-state index contributed by atoms with van der Waals surface area (Å²) in [6.45, 7) is 7.75. The number of amides is 1. The monoisotopic (exact) mass is 440 g/mol. The molecule has 1 N–H and O–H groups in total. The highest BCUT2D eigenvalue weighted by molar-refractivity contribution is 7.20. The largest absolute Gasteiger partial charge is 0.370 e. The highest BCUT2D eigenvalue weighted by Crippen LogP contribution is 2.26. The molecule has 0 radical (unpaired) electrons. The lowest BCUT2D eigenvalue weighted by atomic mass is 9.96. The molecule has 3 heterocycles. The molecule has 1 aromatic carbocycles. The molecule has 9 heteroatoms. The number of hydrogen-bond donors (Lipinski definition) is 1. The van der Waals surface area contributed by atoms with Crippen LogP contribution in [0.1, 0.15) is 25.5 Å². The number of para-hydroxylation sites is 1. The molecule has 4 rings (SSSR count). The normalized spacial score (nSPS) is 14.7. The van der Waals surface area contributed by atoms with Crippen LogP contribution in [0.3, 0.4) is 0 Å². The minimum Gasteiger partial charge on any atom is -0.370 e. The van der Waals surface area contributed by atoms with Gasteiger partial charge in [0.15, 0.2) is 0 Å². The third kappa shape index (κ3) is 4.87. The summed E-state index contributed by atoms with van der Waals surface area (Å²) in [5, 5.41) is 8.33. The summed E-state index contributed by atoms with van der Waals surface area (Å²) in [7, 11) is 0. The third-order valence-corrected chi connectivity index (χ3v) is 6.65. The van der Waals surface area contributed by atoms with Crippen LogP contribution in [0.4, 0.5) is 10.8 Å². The number of aryl methyl sites for hydroxylation is 1. The molecule has 31 heavy (non-hydrogen) atoms. The standard InChI is InChI=1S/C22H28N6O2S/c1-3-26(18-7-5-4-6-8-18)14-11-23-20(30)17-9-12-27(13-10-17)22-25-28-19(29)15-16(2)24-21(28)31-22/h4-8,15,17H,3,9-14H2,1-2H3,(H,23,30). The smallest absolute Gasteiger partial charge is 0.275 e. The summed E-state index contributed by atoms with van der Waals surface area (Å²) < 4.78 is 1.36. The summed E-state index contributed by atoms with van der Waals surface area (Å²) in [5.74, 6) is 0.141. The summed E-state index contributed by atoms with van der Waals surface area (Å²) in [6.07, 6.45) is 1.55. The number of likely N-dealkylation sites (N-methyl/N-ethyl adjacent to an activating group) is 1. The van der Waals surface area contributed by atoms with E-state index < -0.39 is 0 Å². The maximum Gasteiger partial charge on any atom is 0.275 e. The molecule has 8 nitrogen and oxygen atoms in total. The predicted molar refractivity (Wildman–Crippen MR) is 124 cm³/mol. The number of nitrogens with zero attached hydrogens (tertiary/aromatic N) is 5. The molecule has 1 aliphatic rings. The molecule has 0 unspecified atom stereocenters. The maximum absolute atomic E-state index is 12.7. The molecule has 1 aliphatic heterocycles. The Balaban J connectivity index is 1.28. The highest BCUT2D eigenvalue weighted by atomic mass is 32.1. The Labute approximate surface area is 185 Å². The van der Waals surface area contributed by atoms with Crippen molar-refractivity contribution < 1.29 is 4.79 Å². The number of carbonyl (C=O) groups is 1. The third-order valence-electron chi connectivity index (χ3n) is 5.68. The van der Waals surface area contributed by atoms with Crippen LogP contribution >= 0.6 is 11.3 Å². The van der Waals surface area contributed by atoms with Gasteiger partial charge in [0, 0.05) is 56.1 Å². The first-order valence-electron chi connectivity index (χ1n) is 10.8. The molecule has 3 aromatic rings. The minimum atomic E-state index is -0.157. The summed E-state index contributed by atoms with van der Waals surface area (Å²) in [4.78, 5) is 34.2. The van der Waals surface area contributed by atoms with E-state index in [1.807, 2.05) is 25.1 Å². The van der Waals surface area contributed by atoms with E-state index in [4.69, 9.17) is 0 Å². The first-order valence-corrected chi connectivity index (χ1v) is 11.6. The Morgan fingerprint density at radius 3 is 2.71 bits per heavy atom. The highest BCUT2D eigenvalue weighted by Gasteiger charge is 2.26. The second-order valence-electron chi connectivity index (χ2n) is 7.78. The van der Waals surface area contributed by atoms with E-state index in [-0.39, 0.29) is 17.4 Å². The van der Waals surface area contributed by atoms with Gasteiger partial charge in [-0.05, 0) is 38.8 Å². The van der Waals surface area contributed by atoms with Crippen molar-refractivity contribution >= 4 is 33.0 Å². The summed E-state index contributed by atoms with van der Waals surface area (Å²) >= 11 is 1.42.